The summed E-state index contributed by atoms with van der Waals surface area (Å²) in [4.78, 5) is 12.5. The normalized spacial score (nSPS) is 11.7. The van der Waals surface area contributed by atoms with E-state index in [9.17, 15) is 22.7 Å². The predicted molar refractivity (Wildman–Crippen MR) is 135 cm³/mol. The number of nitrogens with one attached hydrogen (secondary N) is 1. The molecule has 0 spiro atoms. The van der Waals surface area contributed by atoms with Gasteiger partial charge in [-0.1, -0.05) is 29.3 Å². The smallest absolute Gasteiger partial charge is 0.255 e. The number of phenols is 1. The Bertz CT molecular complexity index is 1350. The Morgan fingerprint density at radius 2 is 1.89 bits per heavy atom. The van der Waals surface area contributed by atoms with Gasteiger partial charge in [-0.3, -0.25) is 4.79 Å². The Morgan fingerprint density at radius 3 is 2.56 bits per heavy atom. The summed E-state index contributed by atoms with van der Waals surface area (Å²) in [6, 6.07) is 13.8. The van der Waals surface area contributed by atoms with Crippen LogP contribution in [-0.4, -0.2) is 43.1 Å². The minimum Gasteiger partial charge on any atom is -0.504 e. The number of nitrogens with zero attached hydrogens (tertiary/aromatic N) is 2. The van der Waals surface area contributed by atoms with Crippen molar-refractivity contribution in [1.82, 2.24) is 9.73 Å². The van der Waals surface area contributed by atoms with Crippen molar-refractivity contribution in [3.05, 3.63) is 87.7 Å². The Hall–Kier alpha value is -3.18. The molecule has 3 rings (SSSR count). The van der Waals surface area contributed by atoms with Crippen molar-refractivity contribution in [2.75, 3.05) is 13.2 Å². The first-order valence-corrected chi connectivity index (χ1v) is 12.8. The number of aromatic hydroxyl groups is 1. The Labute approximate surface area is 218 Å². The van der Waals surface area contributed by atoms with E-state index in [-0.39, 0.29) is 27.0 Å². The molecule has 0 unspecified atom stereocenters. The van der Waals surface area contributed by atoms with Crippen molar-refractivity contribution in [3.63, 3.8) is 0 Å². The molecule has 0 aliphatic carbocycles. The van der Waals surface area contributed by atoms with E-state index >= 15 is 0 Å². The van der Waals surface area contributed by atoms with Crippen LogP contribution in [0.4, 0.5) is 4.39 Å². The third-order valence-corrected chi connectivity index (χ3v) is 7.27. The fraction of sp³-hybridized carbons (Fsp3) is 0.167. The van der Waals surface area contributed by atoms with Crippen LogP contribution in [0.1, 0.15) is 18.1 Å². The second kappa shape index (κ2) is 12.2. The second-order valence-electron chi connectivity index (χ2n) is 7.38. The van der Waals surface area contributed by atoms with Gasteiger partial charge in [0.05, 0.1) is 24.3 Å². The summed E-state index contributed by atoms with van der Waals surface area (Å²) in [5.74, 6) is -1.29. The average Bonchev–Trinajstić information content (AvgIpc) is 2.83. The molecule has 0 bridgehead atoms. The minimum atomic E-state index is -4.25. The van der Waals surface area contributed by atoms with E-state index in [2.05, 4.69) is 10.5 Å². The first kappa shape index (κ1) is 27.4. The fourth-order valence-electron chi connectivity index (χ4n) is 3.10. The number of phenolic OH excluding ortho intramolecular Hbond substituents is 1. The van der Waals surface area contributed by atoms with Crippen molar-refractivity contribution in [1.29, 1.82) is 0 Å². The molecule has 0 aliphatic heterocycles. The summed E-state index contributed by atoms with van der Waals surface area (Å²) in [5, 5.41) is 14.0. The van der Waals surface area contributed by atoms with Crippen LogP contribution >= 0.6 is 23.2 Å². The molecule has 8 nitrogen and oxygen atoms in total. The van der Waals surface area contributed by atoms with E-state index in [1.54, 1.807) is 13.0 Å². The lowest BCUT2D eigenvalue weighted by molar-refractivity contribution is -0.121. The molecule has 0 aromatic heterocycles. The van der Waals surface area contributed by atoms with Crippen molar-refractivity contribution in [2.45, 2.75) is 18.4 Å². The molecule has 0 atom stereocenters. The summed E-state index contributed by atoms with van der Waals surface area (Å²) < 4.78 is 47.1. The lowest BCUT2D eigenvalue weighted by atomic mass is 10.2. The van der Waals surface area contributed by atoms with Gasteiger partial charge in [0.25, 0.3) is 5.91 Å². The molecule has 0 radical (unpaired) electrons. The number of carbonyl (C=O) groups is 1. The molecule has 3 aromatic carbocycles. The summed E-state index contributed by atoms with van der Waals surface area (Å²) in [5.41, 5.74) is 2.68. The van der Waals surface area contributed by atoms with Gasteiger partial charge >= 0.3 is 0 Å². The van der Waals surface area contributed by atoms with Crippen LogP contribution in [0.2, 0.25) is 10.0 Å². The highest BCUT2D eigenvalue weighted by Gasteiger charge is 2.28. The third kappa shape index (κ3) is 6.94. The zero-order valence-electron chi connectivity index (χ0n) is 19.0. The van der Waals surface area contributed by atoms with Gasteiger partial charge in [-0.05, 0) is 67.1 Å². The zero-order chi connectivity index (χ0) is 26.3. The van der Waals surface area contributed by atoms with Crippen molar-refractivity contribution >= 4 is 45.3 Å². The highest BCUT2D eigenvalue weighted by atomic mass is 35.5. The third-order valence-electron chi connectivity index (χ3n) is 4.85. The van der Waals surface area contributed by atoms with Crippen LogP contribution < -0.4 is 10.2 Å². The molecule has 3 aromatic rings. The summed E-state index contributed by atoms with van der Waals surface area (Å²) >= 11 is 12.0. The van der Waals surface area contributed by atoms with Gasteiger partial charge in [-0.25, -0.2) is 18.2 Å². The van der Waals surface area contributed by atoms with Crippen LogP contribution in [0.25, 0.3) is 0 Å². The number of hydrogen-bond donors (Lipinski definition) is 2. The first-order valence-electron chi connectivity index (χ1n) is 10.6. The number of ether oxygens (including phenoxy) is 1. The molecule has 2 N–H and O–H groups in total. The molecule has 0 heterocycles. The Kier molecular flexibility index (Phi) is 9.27. The number of rotatable bonds is 10. The topological polar surface area (TPSA) is 108 Å². The van der Waals surface area contributed by atoms with Gasteiger partial charge in [0.1, 0.15) is 5.82 Å². The largest absolute Gasteiger partial charge is 0.504 e. The van der Waals surface area contributed by atoms with Crippen LogP contribution in [0, 0.1) is 5.82 Å². The van der Waals surface area contributed by atoms with Gasteiger partial charge in [0, 0.05) is 22.2 Å². The van der Waals surface area contributed by atoms with Gasteiger partial charge in [-0.15, -0.1) is 0 Å². The molecular formula is C24H22Cl2FN3O5S. The number of amides is 1. The molecule has 190 valence electrons. The number of benzene rings is 3. The highest BCUT2D eigenvalue weighted by molar-refractivity contribution is 7.89. The van der Waals surface area contributed by atoms with Gasteiger partial charge in [-0.2, -0.15) is 9.41 Å². The van der Waals surface area contributed by atoms with Crippen molar-refractivity contribution in [2.24, 2.45) is 5.10 Å². The quantitative estimate of drug-likeness (QED) is 0.282. The van der Waals surface area contributed by atoms with E-state index in [0.717, 1.165) is 10.4 Å². The number of sulfonamides is 1. The molecule has 12 heteroatoms. The van der Waals surface area contributed by atoms with Gasteiger partial charge in [0.2, 0.25) is 10.0 Å². The molecule has 0 saturated carbocycles. The SMILES string of the molecule is CCOc1cc(/C=N\NC(=O)CN(Cc2c(F)cccc2Cl)S(=O)(=O)c2ccc(Cl)cc2)ccc1O. The summed E-state index contributed by atoms with van der Waals surface area (Å²) in [6.45, 7) is 0.934. The van der Waals surface area contributed by atoms with E-state index < -0.39 is 34.8 Å². The monoisotopic (exact) mass is 553 g/mol. The molecular weight excluding hydrogens is 532 g/mol. The van der Waals surface area contributed by atoms with Gasteiger partial charge < -0.3 is 9.84 Å². The van der Waals surface area contributed by atoms with E-state index in [1.807, 2.05) is 0 Å². The van der Waals surface area contributed by atoms with Crippen LogP contribution in [0.5, 0.6) is 11.5 Å². The molecule has 0 fully saturated rings. The van der Waals surface area contributed by atoms with Crippen molar-refractivity contribution < 1.29 is 27.4 Å². The Morgan fingerprint density at radius 1 is 1.17 bits per heavy atom. The van der Waals surface area contributed by atoms with E-state index in [4.69, 9.17) is 27.9 Å². The molecule has 1 amide bonds. The van der Waals surface area contributed by atoms with E-state index in [0.29, 0.717) is 17.2 Å². The standard InChI is InChI=1S/C24H22Cl2FN3O5S/c1-2-35-23-12-16(6-11-22(23)31)13-28-29-24(32)15-30(14-19-20(26)4-3-5-21(19)27)36(33,34)18-9-7-17(25)8-10-18/h3-13,31H,2,14-15H2,1H3,(H,29,32)/b28-13-. The number of halogens is 3. The molecule has 36 heavy (non-hydrogen) atoms. The molecule has 0 saturated heterocycles. The van der Waals surface area contributed by atoms with Gasteiger partial charge in [0.15, 0.2) is 11.5 Å². The highest BCUT2D eigenvalue weighted by Crippen LogP contribution is 2.27. The minimum absolute atomic E-state index is 0.0159. The summed E-state index contributed by atoms with van der Waals surface area (Å²) in [7, 11) is -4.25. The fourth-order valence-corrected chi connectivity index (χ4v) is 4.81. The lowest BCUT2D eigenvalue weighted by Gasteiger charge is -2.22. The molecule has 0 aliphatic rings. The van der Waals surface area contributed by atoms with Crippen LogP contribution in [-0.2, 0) is 21.4 Å². The first-order chi connectivity index (χ1) is 17.1. The maximum atomic E-state index is 14.4. The Balaban J connectivity index is 1.82. The summed E-state index contributed by atoms with van der Waals surface area (Å²) in [6.07, 6.45) is 1.30. The predicted octanol–water partition coefficient (Wildman–Crippen LogP) is 4.58. The van der Waals surface area contributed by atoms with E-state index in [1.165, 1.54) is 54.7 Å². The van der Waals surface area contributed by atoms with Crippen LogP contribution in [0.15, 0.2) is 70.7 Å². The number of hydrogen-bond acceptors (Lipinski definition) is 6. The van der Waals surface area contributed by atoms with Crippen molar-refractivity contribution in [3.8, 4) is 11.5 Å². The second-order valence-corrected chi connectivity index (χ2v) is 10.2. The number of carbonyl (C=O) groups excluding carboxylic acids is 1. The number of hydrazone groups is 1. The maximum absolute atomic E-state index is 14.4. The zero-order valence-corrected chi connectivity index (χ0v) is 21.3. The maximum Gasteiger partial charge on any atom is 0.255 e. The lowest BCUT2D eigenvalue weighted by Crippen LogP contribution is -2.39. The average molecular weight is 554 g/mol. The van der Waals surface area contributed by atoms with Crippen LogP contribution in [0.3, 0.4) is 0 Å².